The fourth-order valence-electron chi connectivity index (χ4n) is 9.53. The van der Waals surface area contributed by atoms with E-state index in [9.17, 15) is 0 Å². The van der Waals surface area contributed by atoms with Crippen LogP contribution < -0.4 is 0 Å². The van der Waals surface area contributed by atoms with Gasteiger partial charge in [0.15, 0.2) is 0 Å². The van der Waals surface area contributed by atoms with Crippen LogP contribution in [0.4, 0.5) is 0 Å². The van der Waals surface area contributed by atoms with Crippen molar-refractivity contribution in [2.75, 3.05) is 6.54 Å². The second-order valence-corrected chi connectivity index (χ2v) is 13.2. The number of nitrogens with zero attached hydrogens (tertiary/aromatic N) is 3. The number of hydrogen-bond acceptors (Lipinski definition) is 1. The third-order valence-corrected chi connectivity index (χ3v) is 11.6. The molecule has 0 heterocycles. The van der Waals surface area contributed by atoms with Crippen LogP contribution in [0.5, 0.6) is 0 Å². The summed E-state index contributed by atoms with van der Waals surface area (Å²) in [4.78, 5) is 2.60. The lowest BCUT2D eigenvalue weighted by Gasteiger charge is -2.65. The molecule has 4 aliphatic carbocycles. The molecule has 0 spiro atoms. The Bertz CT molecular complexity index is 711. The average Bonchev–Trinajstić information content (AvgIpc) is 3.14. The Morgan fingerprint density at radius 1 is 1.09 bits per heavy atom. The van der Waals surface area contributed by atoms with Gasteiger partial charge in [0.25, 0.3) is 0 Å². The highest BCUT2D eigenvalue weighted by Crippen LogP contribution is 2.71. The van der Waals surface area contributed by atoms with Gasteiger partial charge in [-0.3, -0.25) is 0 Å². The SMILES string of the molecule is C=C[C@@H](C)[C@H]1CC[C@H]2[C@@H]3[C@H](C)C[C@@H]4C[C@H](C)CC[C@]4(C)[C@H]3C[C@H](C)[C@]12C.CCCCN=[N+]=[N-]. The van der Waals surface area contributed by atoms with Gasteiger partial charge in [-0.25, -0.2) is 0 Å². The van der Waals surface area contributed by atoms with Crippen LogP contribution in [-0.2, 0) is 0 Å². The van der Waals surface area contributed by atoms with Crippen LogP contribution in [0.1, 0.15) is 106 Å². The highest BCUT2D eigenvalue weighted by Gasteiger charge is 2.63. The summed E-state index contributed by atoms with van der Waals surface area (Å²) in [5.74, 6) is 8.30. The van der Waals surface area contributed by atoms with Crippen molar-refractivity contribution in [2.45, 2.75) is 106 Å². The third kappa shape index (κ3) is 4.78. The normalized spacial score (nSPS) is 47.0. The first-order valence-corrected chi connectivity index (χ1v) is 14.3. The fourth-order valence-corrected chi connectivity index (χ4v) is 9.53. The second kappa shape index (κ2) is 10.8. The zero-order chi connectivity index (χ0) is 24.4. The molecule has 4 aliphatic rings. The Hall–Kier alpha value is -0.950. The lowest BCUT2D eigenvalue weighted by atomic mass is 9.40. The van der Waals surface area contributed by atoms with Crippen LogP contribution in [0, 0.1) is 64.1 Å². The average molecular weight is 456 g/mol. The molecule has 4 fully saturated rings. The summed E-state index contributed by atoms with van der Waals surface area (Å²) in [6.07, 6.45) is 14.8. The van der Waals surface area contributed by atoms with Crippen LogP contribution in [0.3, 0.4) is 0 Å². The minimum Gasteiger partial charge on any atom is -0.103 e. The van der Waals surface area contributed by atoms with Gasteiger partial charge in [0, 0.05) is 11.5 Å². The predicted molar refractivity (Wildman–Crippen MR) is 142 cm³/mol. The number of fused-ring (bicyclic) bond motifs is 5. The van der Waals surface area contributed by atoms with E-state index in [0.29, 0.717) is 23.3 Å². The van der Waals surface area contributed by atoms with E-state index in [2.05, 4.69) is 71.1 Å². The van der Waals surface area contributed by atoms with Crippen molar-refractivity contribution in [2.24, 2.45) is 69.2 Å². The number of allylic oxidation sites excluding steroid dienone is 1. The highest BCUT2D eigenvalue weighted by molar-refractivity contribution is 5.13. The molecule has 188 valence electrons. The minimum atomic E-state index is 0.550. The summed E-state index contributed by atoms with van der Waals surface area (Å²) in [6.45, 7) is 22.5. The van der Waals surface area contributed by atoms with Crippen molar-refractivity contribution in [1.82, 2.24) is 0 Å². The lowest BCUT2D eigenvalue weighted by Crippen LogP contribution is -2.58. The molecule has 0 saturated heterocycles. The summed E-state index contributed by atoms with van der Waals surface area (Å²) in [7, 11) is 0. The first kappa shape index (κ1) is 26.7. The standard InChI is InChI=1S/C26H44.C4H9N3/c1-8-17(3)21-9-10-22-24-18(4)14-20-13-16(2)11-12-25(20,6)23(24)15-19(5)26(21,22)7;1-2-3-4-6-7-5/h8,16-24H,1,9-15H2,2-7H3;2-4H2,1H3/t16-,17-,18-,19+,20+,21-,22+,23+,24+,25+,26-;/m1./s1. The summed E-state index contributed by atoms with van der Waals surface area (Å²) in [5, 5.41) is 3.34. The lowest BCUT2D eigenvalue weighted by molar-refractivity contribution is -0.161. The molecule has 3 heteroatoms. The third-order valence-electron chi connectivity index (χ3n) is 11.6. The first-order valence-electron chi connectivity index (χ1n) is 14.3. The van der Waals surface area contributed by atoms with Gasteiger partial charge < -0.3 is 0 Å². The Morgan fingerprint density at radius 2 is 1.82 bits per heavy atom. The molecule has 11 atom stereocenters. The van der Waals surface area contributed by atoms with E-state index in [1.54, 1.807) is 0 Å². The molecular formula is C30H53N3. The van der Waals surface area contributed by atoms with Crippen molar-refractivity contribution in [1.29, 1.82) is 0 Å². The van der Waals surface area contributed by atoms with E-state index in [1.807, 2.05) is 0 Å². The maximum atomic E-state index is 7.75. The molecule has 0 radical (unpaired) electrons. The largest absolute Gasteiger partial charge is 0.103 e. The summed E-state index contributed by atoms with van der Waals surface area (Å²) in [6, 6.07) is 0. The molecule has 0 unspecified atom stereocenters. The summed E-state index contributed by atoms with van der Waals surface area (Å²) in [5.41, 5.74) is 8.94. The molecule has 0 bridgehead atoms. The zero-order valence-electron chi connectivity index (χ0n) is 22.9. The molecular weight excluding hydrogens is 402 g/mol. The van der Waals surface area contributed by atoms with Gasteiger partial charge in [-0.2, -0.15) is 0 Å². The number of unbranched alkanes of at least 4 members (excludes halogenated alkanes) is 1. The van der Waals surface area contributed by atoms with Gasteiger partial charge in [0.2, 0.25) is 0 Å². The smallest absolute Gasteiger partial charge is 0.0257 e. The predicted octanol–water partition coefficient (Wildman–Crippen LogP) is 9.69. The van der Waals surface area contributed by atoms with E-state index >= 15 is 0 Å². The molecule has 0 aromatic carbocycles. The summed E-state index contributed by atoms with van der Waals surface area (Å²) >= 11 is 0. The van der Waals surface area contributed by atoms with E-state index in [4.69, 9.17) is 5.53 Å². The molecule has 0 aromatic rings. The molecule has 0 aliphatic heterocycles. The quantitative estimate of drug-likeness (QED) is 0.130. The molecule has 0 amide bonds. The van der Waals surface area contributed by atoms with E-state index in [0.717, 1.165) is 60.2 Å². The molecule has 3 nitrogen and oxygen atoms in total. The molecule has 4 saturated carbocycles. The topological polar surface area (TPSA) is 48.8 Å². The van der Waals surface area contributed by atoms with Gasteiger partial charge >= 0.3 is 0 Å². The van der Waals surface area contributed by atoms with Gasteiger partial charge in [-0.15, -0.1) is 6.58 Å². The number of azide groups is 1. The van der Waals surface area contributed by atoms with Crippen molar-refractivity contribution in [3.63, 3.8) is 0 Å². The first-order chi connectivity index (χ1) is 15.6. The molecule has 0 N–H and O–H groups in total. The van der Waals surface area contributed by atoms with Gasteiger partial charge in [0.1, 0.15) is 0 Å². The maximum Gasteiger partial charge on any atom is 0.0257 e. The van der Waals surface area contributed by atoms with Crippen LogP contribution in [-0.4, -0.2) is 6.54 Å². The van der Waals surface area contributed by atoms with Crippen molar-refractivity contribution in [3.05, 3.63) is 23.1 Å². The molecule has 0 aromatic heterocycles. The maximum absolute atomic E-state index is 7.75. The Morgan fingerprint density at radius 3 is 2.45 bits per heavy atom. The zero-order valence-corrected chi connectivity index (χ0v) is 22.9. The molecule has 33 heavy (non-hydrogen) atoms. The van der Waals surface area contributed by atoms with E-state index < -0.39 is 0 Å². The molecule has 4 rings (SSSR count). The van der Waals surface area contributed by atoms with Gasteiger partial charge in [-0.05, 0) is 115 Å². The Balaban J connectivity index is 0.000000383. The Labute approximate surface area is 205 Å². The van der Waals surface area contributed by atoms with Crippen LogP contribution in [0.25, 0.3) is 10.4 Å². The van der Waals surface area contributed by atoms with Gasteiger partial charge in [-0.1, -0.05) is 72.5 Å². The van der Waals surface area contributed by atoms with Gasteiger partial charge in [0.05, 0.1) is 0 Å². The Kier molecular flexibility index (Phi) is 8.69. The van der Waals surface area contributed by atoms with Crippen molar-refractivity contribution >= 4 is 0 Å². The number of rotatable bonds is 5. The van der Waals surface area contributed by atoms with Crippen LogP contribution in [0.2, 0.25) is 0 Å². The number of hydrogen-bond donors (Lipinski definition) is 0. The summed E-state index contributed by atoms with van der Waals surface area (Å²) < 4.78 is 0. The second-order valence-electron chi connectivity index (χ2n) is 13.2. The van der Waals surface area contributed by atoms with Crippen molar-refractivity contribution in [3.8, 4) is 0 Å². The highest BCUT2D eigenvalue weighted by atomic mass is 15.1. The van der Waals surface area contributed by atoms with E-state index in [1.165, 1.54) is 44.9 Å². The fraction of sp³-hybridized carbons (Fsp3) is 0.933. The van der Waals surface area contributed by atoms with Crippen LogP contribution in [0.15, 0.2) is 17.8 Å². The van der Waals surface area contributed by atoms with Crippen LogP contribution >= 0.6 is 0 Å². The van der Waals surface area contributed by atoms with Crippen molar-refractivity contribution < 1.29 is 0 Å². The van der Waals surface area contributed by atoms with E-state index in [-0.39, 0.29) is 0 Å². The monoisotopic (exact) mass is 455 g/mol. The minimum absolute atomic E-state index is 0.550.